The summed E-state index contributed by atoms with van der Waals surface area (Å²) < 4.78 is 17.0. The van der Waals surface area contributed by atoms with Crippen LogP contribution in [0.1, 0.15) is 25.3 Å². The Morgan fingerprint density at radius 1 is 1.08 bits per heavy atom. The van der Waals surface area contributed by atoms with Crippen LogP contribution in [-0.4, -0.2) is 80.6 Å². The third-order valence-corrected chi connectivity index (χ3v) is 8.54. The van der Waals surface area contributed by atoms with Crippen LogP contribution in [-0.2, 0) is 14.3 Å². The predicted octanol–water partition coefficient (Wildman–Crippen LogP) is 3.10. The Bertz CT molecular complexity index is 1820. The number of nitrogens with one attached hydrogen (secondary N) is 1. The number of aliphatic carboxylic acids is 1. The number of phenolic OH excluding ortho intramolecular Hbond substituents is 1. The molecular formula is C36H37NO11. The molecule has 6 unspecified atom stereocenters. The number of carboxylic acid groups (broad SMARTS) is 1. The Labute approximate surface area is 275 Å². The molecule has 48 heavy (non-hydrogen) atoms. The summed E-state index contributed by atoms with van der Waals surface area (Å²) >= 11 is 0. The molecule has 1 aliphatic heterocycles. The van der Waals surface area contributed by atoms with Crippen LogP contribution in [0.5, 0.6) is 11.5 Å². The van der Waals surface area contributed by atoms with Gasteiger partial charge in [0.15, 0.2) is 29.0 Å². The molecule has 252 valence electrons. The van der Waals surface area contributed by atoms with Crippen LogP contribution in [0, 0.1) is 5.92 Å². The minimum atomic E-state index is -3.02. The Morgan fingerprint density at radius 3 is 2.50 bits per heavy atom. The highest BCUT2D eigenvalue weighted by atomic mass is 16.7. The molecule has 0 aliphatic carbocycles. The van der Waals surface area contributed by atoms with Crippen LogP contribution in [0.25, 0.3) is 28.2 Å². The number of hydrogen-bond donors (Lipinski definition) is 6. The lowest BCUT2D eigenvalue weighted by Gasteiger charge is -2.51. The lowest BCUT2D eigenvalue weighted by Crippen LogP contribution is -2.79. The van der Waals surface area contributed by atoms with Crippen molar-refractivity contribution in [2.45, 2.75) is 49.5 Å². The number of rotatable bonds is 13. The second kappa shape index (κ2) is 14.5. The fourth-order valence-corrected chi connectivity index (χ4v) is 5.60. The number of aliphatic hydroxyl groups excluding tert-OH is 1. The fourth-order valence-electron chi connectivity index (χ4n) is 5.60. The standard InChI is InChI=1S/C36H37NO11/c1-22(6-5-9-23-7-3-2-4-8-23)16-17-37-20-35(44)34(48-31(33(42)43)32(41)36(35,45)21-38)47-26-14-15-27-29(18-26)46-19-28(30(27)40)24-10-12-25(39)13-11-24/h2-5,7-15,18-19,21-22,31-32,34,37,39,41,44-45H,6,16-17,20H2,1H3,(H,42,43). The second-order valence-corrected chi connectivity index (χ2v) is 12.0. The molecule has 1 fully saturated rings. The van der Waals surface area contributed by atoms with Gasteiger partial charge < -0.3 is 44.7 Å². The Balaban J connectivity index is 1.34. The molecule has 3 aromatic carbocycles. The van der Waals surface area contributed by atoms with E-state index in [0.717, 1.165) is 12.0 Å². The summed E-state index contributed by atoms with van der Waals surface area (Å²) in [6.07, 6.45) is 0.149. The summed E-state index contributed by atoms with van der Waals surface area (Å²) in [6, 6.07) is 19.9. The van der Waals surface area contributed by atoms with E-state index in [1.165, 1.54) is 36.6 Å². The Morgan fingerprint density at radius 2 is 1.81 bits per heavy atom. The van der Waals surface area contributed by atoms with Gasteiger partial charge in [0.05, 0.1) is 10.9 Å². The summed E-state index contributed by atoms with van der Waals surface area (Å²) in [5.74, 6) is -1.50. The van der Waals surface area contributed by atoms with Crippen LogP contribution in [0.15, 0.2) is 94.3 Å². The summed E-state index contributed by atoms with van der Waals surface area (Å²) in [7, 11) is 0. The minimum Gasteiger partial charge on any atom is -0.508 e. The molecule has 12 heteroatoms. The Kier molecular flexibility index (Phi) is 10.4. The van der Waals surface area contributed by atoms with E-state index in [1.54, 1.807) is 12.1 Å². The summed E-state index contributed by atoms with van der Waals surface area (Å²) in [6.45, 7) is 1.84. The molecule has 0 saturated carbocycles. The lowest BCUT2D eigenvalue weighted by molar-refractivity contribution is -0.334. The molecule has 4 aromatic rings. The van der Waals surface area contributed by atoms with Gasteiger partial charge in [-0.05, 0) is 60.7 Å². The topological polar surface area (TPSA) is 196 Å². The maximum absolute atomic E-state index is 13.2. The molecule has 0 spiro atoms. The minimum absolute atomic E-state index is 0.0338. The zero-order valence-electron chi connectivity index (χ0n) is 26.1. The number of hydrogen-bond acceptors (Lipinski definition) is 11. The highest BCUT2D eigenvalue weighted by molar-refractivity contribution is 5.83. The van der Waals surface area contributed by atoms with E-state index < -0.39 is 42.2 Å². The van der Waals surface area contributed by atoms with Crippen molar-refractivity contribution in [3.8, 4) is 22.6 Å². The van der Waals surface area contributed by atoms with Gasteiger partial charge >= 0.3 is 5.97 Å². The molecule has 1 aliphatic rings. The van der Waals surface area contributed by atoms with E-state index in [4.69, 9.17) is 13.9 Å². The number of carbonyl (C=O) groups excluding carboxylic acids is 1. The Hall–Kier alpha value is -4.85. The zero-order chi connectivity index (χ0) is 34.5. The molecule has 5 rings (SSSR count). The first kappa shape index (κ1) is 34.5. The molecule has 6 N–H and O–H groups in total. The highest BCUT2D eigenvalue weighted by Gasteiger charge is 2.67. The van der Waals surface area contributed by atoms with E-state index >= 15 is 0 Å². The number of ether oxygens (including phenoxy) is 2. The van der Waals surface area contributed by atoms with E-state index in [1.807, 2.05) is 43.3 Å². The maximum Gasteiger partial charge on any atom is 0.335 e. The number of aromatic hydroxyl groups is 1. The first-order valence-corrected chi connectivity index (χ1v) is 15.4. The van der Waals surface area contributed by atoms with Gasteiger partial charge in [-0.25, -0.2) is 4.79 Å². The van der Waals surface area contributed by atoms with Gasteiger partial charge in [-0.3, -0.25) is 9.59 Å². The summed E-state index contributed by atoms with van der Waals surface area (Å²) in [4.78, 5) is 37.4. The number of allylic oxidation sites excluding steroid dienone is 1. The second-order valence-electron chi connectivity index (χ2n) is 12.0. The lowest BCUT2D eigenvalue weighted by atomic mass is 9.74. The molecule has 0 bridgehead atoms. The molecule has 6 atom stereocenters. The van der Waals surface area contributed by atoms with Crippen LogP contribution in [0.4, 0.5) is 0 Å². The fraction of sp³-hybridized carbons (Fsp3) is 0.306. The molecule has 0 amide bonds. The number of carboxylic acids is 1. The van der Waals surface area contributed by atoms with E-state index in [2.05, 4.69) is 11.4 Å². The number of benzene rings is 3. The van der Waals surface area contributed by atoms with Gasteiger partial charge in [0, 0.05) is 12.6 Å². The van der Waals surface area contributed by atoms with Crippen molar-refractivity contribution in [1.82, 2.24) is 5.32 Å². The molecule has 1 aromatic heterocycles. The maximum atomic E-state index is 13.2. The smallest absolute Gasteiger partial charge is 0.335 e. The van der Waals surface area contributed by atoms with E-state index in [9.17, 15) is 39.9 Å². The average Bonchev–Trinajstić information content (AvgIpc) is 3.08. The third kappa shape index (κ3) is 7.03. The normalized spacial score (nSPS) is 24.8. The number of aliphatic hydroxyl groups is 3. The molecular weight excluding hydrogens is 622 g/mol. The van der Waals surface area contributed by atoms with Crippen LogP contribution < -0.4 is 15.5 Å². The highest BCUT2D eigenvalue weighted by Crippen LogP contribution is 2.39. The summed E-state index contributed by atoms with van der Waals surface area (Å²) in [5, 5.41) is 56.2. The van der Waals surface area contributed by atoms with Crippen molar-refractivity contribution in [3.05, 3.63) is 101 Å². The largest absolute Gasteiger partial charge is 0.508 e. The van der Waals surface area contributed by atoms with Crippen molar-refractivity contribution in [2.75, 3.05) is 13.1 Å². The van der Waals surface area contributed by atoms with Crippen LogP contribution in [0.2, 0.25) is 0 Å². The molecule has 2 heterocycles. The van der Waals surface area contributed by atoms with Gasteiger partial charge in [-0.15, -0.1) is 0 Å². The quantitative estimate of drug-likeness (QED) is 0.0908. The monoisotopic (exact) mass is 659 g/mol. The van der Waals surface area contributed by atoms with E-state index in [-0.39, 0.29) is 45.7 Å². The molecule has 1 saturated heterocycles. The predicted molar refractivity (Wildman–Crippen MR) is 175 cm³/mol. The first-order chi connectivity index (χ1) is 23.0. The van der Waals surface area contributed by atoms with Crippen LogP contribution in [0.3, 0.4) is 0 Å². The first-order valence-electron chi connectivity index (χ1n) is 15.4. The molecule has 12 nitrogen and oxygen atoms in total. The summed E-state index contributed by atoms with van der Waals surface area (Å²) in [5.41, 5.74) is -4.16. The van der Waals surface area contributed by atoms with Crippen LogP contribution >= 0.6 is 0 Å². The van der Waals surface area contributed by atoms with Gasteiger partial charge in [0.2, 0.25) is 6.29 Å². The number of aldehydes is 1. The van der Waals surface area contributed by atoms with Gasteiger partial charge in [-0.2, -0.15) is 0 Å². The van der Waals surface area contributed by atoms with Crippen molar-refractivity contribution in [1.29, 1.82) is 0 Å². The van der Waals surface area contributed by atoms with Gasteiger partial charge in [0.25, 0.3) is 0 Å². The van der Waals surface area contributed by atoms with Crippen molar-refractivity contribution in [2.24, 2.45) is 5.92 Å². The van der Waals surface area contributed by atoms with Crippen molar-refractivity contribution >= 4 is 29.3 Å². The molecule has 0 radical (unpaired) electrons. The number of phenols is 1. The third-order valence-electron chi connectivity index (χ3n) is 8.54. The van der Waals surface area contributed by atoms with Gasteiger partial charge in [-0.1, -0.05) is 61.5 Å². The number of carbonyl (C=O) groups is 2. The number of fused-ring (bicyclic) bond motifs is 1. The zero-order valence-corrected chi connectivity index (χ0v) is 26.1. The average molecular weight is 660 g/mol. The SMILES string of the molecule is CC(CC=Cc1ccccc1)CCNCC1(O)C(Oc2ccc3c(=O)c(-c4ccc(O)cc4)coc3c2)OC(C(=O)O)C(O)C1(O)C=O. The van der Waals surface area contributed by atoms with Gasteiger partial charge in [0.1, 0.15) is 29.4 Å². The van der Waals surface area contributed by atoms with Crippen molar-refractivity contribution < 1.29 is 49.0 Å². The van der Waals surface area contributed by atoms with E-state index in [0.29, 0.717) is 18.5 Å². The van der Waals surface area contributed by atoms with Crippen molar-refractivity contribution in [3.63, 3.8) is 0 Å².